The standard InChI is InChI=1S/C23H27N5OS/c1-4-15(2)19-9-5-6-10-20(19)25-22(29)16(3)30-23-27-26-21(28(23)18-11-12-18)17-8-7-13-24-14-17/h5-10,13-16,18H,4,11-12H2,1-3H3,(H,25,29). The Labute approximate surface area is 181 Å². The minimum absolute atomic E-state index is 0.0240. The fourth-order valence-corrected chi connectivity index (χ4v) is 4.34. The molecule has 0 saturated heterocycles. The van der Waals surface area contributed by atoms with Crippen molar-refractivity contribution in [1.29, 1.82) is 0 Å². The number of carbonyl (C=O) groups excluding carboxylic acids is 1. The van der Waals surface area contributed by atoms with Crippen LogP contribution < -0.4 is 5.32 Å². The first-order valence-corrected chi connectivity index (χ1v) is 11.4. The molecule has 1 saturated carbocycles. The molecule has 0 radical (unpaired) electrons. The zero-order chi connectivity index (χ0) is 21.1. The topological polar surface area (TPSA) is 72.7 Å². The number of thioether (sulfide) groups is 1. The number of pyridine rings is 1. The van der Waals surface area contributed by atoms with E-state index >= 15 is 0 Å². The van der Waals surface area contributed by atoms with Gasteiger partial charge in [-0.25, -0.2) is 0 Å². The van der Waals surface area contributed by atoms with E-state index in [-0.39, 0.29) is 11.2 Å². The predicted molar refractivity (Wildman–Crippen MR) is 121 cm³/mol. The van der Waals surface area contributed by atoms with Gasteiger partial charge in [-0.05, 0) is 55.9 Å². The highest BCUT2D eigenvalue weighted by atomic mass is 32.2. The van der Waals surface area contributed by atoms with Gasteiger partial charge in [0, 0.05) is 29.7 Å². The number of nitrogens with zero attached hydrogens (tertiary/aromatic N) is 4. The van der Waals surface area contributed by atoms with Crippen molar-refractivity contribution in [3.63, 3.8) is 0 Å². The molecular weight excluding hydrogens is 394 g/mol. The van der Waals surface area contributed by atoms with Crippen molar-refractivity contribution in [2.45, 2.75) is 62.4 Å². The summed E-state index contributed by atoms with van der Waals surface area (Å²) in [6.07, 6.45) is 6.81. The summed E-state index contributed by atoms with van der Waals surface area (Å²) in [4.78, 5) is 17.2. The molecule has 3 aromatic rings. The SMILES string of the molecule is CCC(C)c1ccccc1NC(=O)C(C)Sc1nnc(-c2cccnc2)n1C1CC1. The quantitative estimate of drug-likeness (QED) is 0.499. The monoisotopic (exact) mass is 421 g/mol. The Balaban J connectivity index is 1.52. The van der Waals surface area contributed by atoms with E-state index in [1.165, 1.54) is 17.3 Å². The van der Waals surface area contributed by atoms with Gasteiger partial charge in [0.2, 0.25) is 5.91 Å². The molecule has 2 unspecified atom stereocenters. The number of amides is 1. The molecule has 0 spiro atoms. The first-order valence-electron chi connectivity index (χ1n) is 10.5. The third-order valence-corrected chi connectivity index (χ3v) is 6.57. The van der Waals surface area contributed by atoms with Crippen molar-refractivity contribution >= 4 is 23.4 Å². The lowest BCUT2D eigenvalue weighted by Crippen LogP contribution is -2.23. The van der Waals surface area contributed by atoms with E-state index in [0.717, 1.165) is 41.5 Å². The maximum atomic E-state index is 13.0. The summed E-state index contributed by atoms with van der Waals surface area (Å²) in [6, 6.07) is 12.3. The van der Waals surface area contributed by atoms with Gasteiger partial charge < -0.3 is 5.32 Å². The van der Waals surface area contributed by atoms with Gasteiger partial charge in [-0.15, -0.1) is 10.2 Å². The largest absolute Gasteiger partial charge is 0.325 e. The fourth-order valence-electron chi connectivity index (χ4n) is 3.42. The highest BCUT2D eigenvalue weighted by Crippen LogP contribution is 2.41. The van der Waals surface area contributed by atoms with Gasteiger partial charge in [0.15, 0.2) is 11.0 Å². The molecule has 1 N–H and O–H groups in total. The molecule has 2 heterocycles. The number of anilines is 1. The van der Waals surface area contributed by atoms with Crippen molar-refractivity contribution in [2.75, 3.05) is 5.32 Å². The van der Waals surface area contributed by atoms with Gasteiger partial charge in [-0.2, -0.15) is 0 Å². The van der Waals surface area contributed by atoms with Crippen molar-refractivity contribution in [3.05, 3.63) is 54.4 Å². The lowest BCUT2D eigenvalue weighted by atomic mass is 9.97. The highest BCUT2D eigenvalue weighted by molar-refractivity contribution is 8.00. The minimum Gasteiger partial charge on any atom is -0.325 e. The Morgan fingerprint density at radius 1 is 1.20 bits per heavy atom. The summed E-state index contributed by atoms with van der Waals surface area (Å²) in [5.74, 6) is 1.19. The number of nitrogens with one attached hydrogen (secondary N) is 1. The normalized spacial score (nSPS) is 15.6. The lowest BCUT2D eigenvalue weighted by Gasteiger charge is -2.18. The highest BCUT2D eigenvalue weighted by Gasteiger charge is 2.31. The Bertz CT molecular complexity index is 1020. The number of para-hydroxylation sites is 1. The first-order chi connectivity index (χ1) is 14.6. The van der Waals surface area contributed by atoms with Crippen molar-refractivity contribution in [3.8, 4) is 11.4 Å². The number of aromatic nitrogens is 4. The molecule has 4 rings (SSSR count). The molecule has 0 bridgehead atoms. The molecular formula is C23H27N5OS. The van der Waals surface area contributed by atoms with Crippen LogP contribution in [0.25, 0.3) is 11.4 Å². The van der Waals surface area contributed by atoms with Crippen LogP contribution in [-0.4, -0.2) is 30.9 Å². The van der Waals surface area contributed by atoms with Crippen LogP contribution in [0.1, 0.15) is 57.6 Å². The summed E-state index contributed by atoms with van der Waals surface area (Å²) >= 11 is 1.46. The fraction of sp³-hybridized carbons (Fsp3) is 0.391. The van der Waals surface area contributed by atoms with Crippen LogP contribution in [0.2, 0.25) is 0 Å². The lowest BCUT2D eigenvalue weighted by molar-refractivity contribution is -0.115. The van der Waals surface area contributed by atoms with E-state index in [9.17, 15) is 4.79 Å². The van der Waals surface area contributed by atoms with E-state index in [2.05, 4.69) is 45.0 Å². The predicted octanol–water partition coefficient (Wildman–Crippen LogP) is 5.31. The van der Waals surface area contributed by atoms with Gasteiger partial charge in [-0.3, -0.25) is 14.3 Å². The number of hydrogen-bond acceptors (Lipinski definition) is 5. The molecule has 1 aliphatic carbocycles. The zero-order valence-corrected chi connectivity index (χ0v) is 18.4. The van der Waals surface area contributed by atoms with Gasteiger partial charge in [-0.1, -0.05) is 43.8 Å². The van der Waals surface area contributed by atoms with Gasteiger partial charge in [0.25, 0.3) is 0 Å². The molecule has 2 aromatic heterocycles. The van der Waals surface area contributed by atoms with Crippen LogP contribution in [0.4, 0.5) is 5.69 Å². The van der Waals surface area contributed by atoms with Crippen molar-refractivity contribution in [1.82, 2.24) is 19.7 Å². The van der Waals surface area contributed by atoms with Crippen LogP contribution >= 0.6 is 11.8 Å². The smallest absolute Gasteiger partial charge is 0.237 e. The molecule has 6 nitrogen and oxygen atoms in total. The Morgan fingerprint density at radius 2 is 2.00 bits per heavy atom. The summed E-state index contributed by atoms with van der Waals surface area (Å²) in [7, 11) is 0. The van der Waals surface area contributed by atoms with E-state index in [0.29, 0.717) is 12.0 Å². The van der Waals surface area contributed by atoms with Gasteiger partial charge >= 0.3 is 0 Å². The summed E-state index contributed by atoms with van der Waals surface area (Å²) in [6.45, 7) is 6.26. The van der Waals surface area contributed by atoms with Crippen LogP contribution in [0, 0.1) is 0 Å². The second-order valence-electron chi connectivity index (χ2n) is 7.79. The summed E-state index contributed by atoms with van der Waals surface area (Å²) < 4.78 is 2.17. The third-order valence-electron chi connectivity index (χ3n) is 5.51. The number of carbonyl (C=O) groups is 1. The van der Waals surface area contributed by atoms with E-state index in [1.54, 1.807) is 12.4 Å². The van der Waals surface area contributed by atoms with Crippen LogP contribution in [-0.2, 0) is 4.79 Å². The maximum Gasteiger partial charge on any atom is 0.237 e. The second-order valence-corrected chi connectivity index (χ2v) is 9.10. The molecule has 1 fully saturated rings. The van der Waals surface area contributed by atoms with Crippen LogP contribution in [0.5, 0.6) is 0 Å². The Morgan fingerprint density at radius 3 is 2.70 bits per heavy atom. The number of rotatable bonds is 8. The number of hydrogen-bond donors (Lipinski definition) is 1. The van der Waals surface area contributed by atoms with Crippen molar-refractivity contribution < 1.29 is 4.79 Å². The third kappa shape index (κ3) is 4.41. The van der Waals surface area contributed by atoms with Crippen LogP contribution in [0.3, 0.4) is 0 Å². The molecule has 7 heteroatoms. The van der Waals surface area contributed by atoms with Gasteiger partial charge in [0.05, 0.1) is 5.25 Å². The minimum atomic E-state index is -0.293. The van der Waals surface area contributed by atoms with Gasteiger partial charge in [0.1, 0.15) is 0 Å². The average Bonchev–Trinajstić information content (AvgIpc) is 3.53. The average molecular weight is 422 g/mol. The van der Waals surface area contributed by atoms with Crippen molar-refractivity contribution in [2.24, 2.45) is 0 Å². The molecule has 1 aromatic carbocycles. The zero-order valence-electron chi connectivity index (χ0n) is 17.6. The Kier molecular flexibility index (Phi) is 6.18. The summed E-state index contributed by atoms with van der Waals surface area (Å²) in [5.41, 5.74) is 3.01. The summed E-state index contributed by atoms with van der Waals surface area (Å²) in [5, 5.41) is 12.4. The van der Waals surface area contributed by atoms with E-state index in [4.69, 9.17) is 0 Å². The van der Waals surface area contributed by atoms with E-state index in [1.807, 2.05) is 37.3 Å². The Hall–Kier alpha value is -2.67. The molecule has 30 heavy (non-hydrogen) atoms. The molecule has 156 valence electrons. The van der Waals surface area contributed by atoms with Crippen LogP contribution in [0.15, 0.2) is 53.9 Å². The first kappa shape index (κ1) is 20.6. The molecule has 1 amide bonds. The second kappa shape index (κ2) is 9.00. The molecule has 1 aliphatic rings. The maximum absolute atomic E-state index is 13.0. The molecule has 0 aliphatic heterocycles. The number of benzene rings is 1. The molecule has 2 atom stereocenters. The van der Waals surface area contributed by atoms with E-state index < -0.39 is 0 Å².